The van der Waals surface area contributed by atoms with Crippen molar-refractivity contribution in [2.75, 3.05) is 27.2 Å². The molecule has 2 saturated heterocycles. The van der Waals surface area contributed by atoms with Crippen LogP contribution < -0.4 is 5.32 Å². The van der Waals surface area contributed by atoms with Gasteiger partial charge in [0.1, 0.15) is 5.69 Å². The molecule has 2 amide bonds. The topological polar surface area (TPSA) is 78.4 Å². The standard InChI is InChI=1S/C14H19N5O2/c1-15-13(20)11-5-9-7-19(8-12(9)18(11)2)14(21)10-6-16-3-4-17-10/h3-4,6,9,11-12H,5,7-8H2,1-2H3,(H,15,20)/t9-,11-,12+/m1/s1. The third-order valence-corrected chi connectivity index (χ3v) is 4.57. The molecule has 7 heteroatoms. The van der Waals surface area contributed by atoms with Crippen LogP contribution in [0.3, 0.4) is 0 Å². The van der Waals surface area contributed by atoms with E-state index < -0.39 is 0 Å². The van der Waals surface area contributed by atoms with Crippen LogP contribution in [0.2, 0.25) is 0 Å². The van der Waals surface area contributed by atoms with Crippen LogP contribution in [-0.2, 0) is 4.79 Å². The highest BCUT2D eigenvalue weighted by Crippen LogP contribution is 2.34. The predicted molar refractivity (Wildman–Crippen MR) is 75.4 cm³/mol. The van der Waals surface area contributed by atoms with Crippen LogP contribution in [0.4, 0.5) is 0 Å². The fourth-order valence-electron chi connectivity index (χ4n) is 3.43. The first-order chi connectivity index (χ1) is 10.1. The van der Waals surface area contributed by atoms with Gasteiger partial charge in [0.05, 0.1) is 12.2 Å². The molecule has 0 bridgehead atoms. The van der Waals surface area contributed by atoms with Crippen molar-refractivity contribution in [3.05, 3.63) is 24.3 Å². The van der Waals surface area contributed by atoms with Gasteiger partial charge in [0.25, 0.3) is 5.91 Å². The first-order valence-corrected chi connectivity index (χ1v) is 7.10. The zero-order chi connectivity index (χ0) is 15.0. The molecule has 0 spiro atoms. The van der Waals surface area contributed by atoms with Crippen molar-refractivity contribution < 1.29 is 9.59 Å². The average Bonchev–Trinajstić information content (AvgIpc) is 3.06. The van der Waals surface area contributed by atoms with Gasteiger partial charge in [-0.3, -0.25) is 19.5 Å². The monoisotopic (exact) mass is 289 g/mol. The van der Waals surface area contributed by atoms with Crippen LogP contribution >= 0.6 is 0 Å². The maximum Gasteiger partial charge on any atom is 0.274 e. The number of carbonyl (C=O) groups excluding carboxylic acids is 2. The van der Waals surface area contributed by atoms with Crippen molar-refractivity contribution in [3.8, 4) is 0 Å². The Morgan fingerprint density at radius 3 is 2.76 bits per heavy atom. The van der Waals surface area contributed by atoms with E-state index in [0.29, 0.717) is 24.7 Å². The van der Waals surface area contributed by atoms with Crippen molar-refractivity contribution in [1.82, 2.24) is 25.1 Å². The quantitative estimate of drug-likeness (QED) is 0.784. The summed E-state index contributed by atoms with van der Waals surface area (Å²) in [6.45, 7) is 1.32. The lowest BCUT2D eigenvalue weighted by Gasteiger charge is -2.25. The number of aromatic nitrogens is 2. The number of carbonyl (C=O) groups is 2. The van der Waals surface area contributed by atoms with Gasteiger partial charge in [-0.25, -0.2) is 4.98 Å². The highest BCUT2D eigenvalue weighted by molar-refractivity contribution is 5.92. The molecular formula is C14H19N5O2. The Balaban J connectivity index is 1.69. The highest BCUT2D eigenvalue weighted by Gasteiger charge is 2.48. The van der Waals surface area contributed by atoms with Crippen molar-refractivity contribution in [2.45, 2.75) is 18.5 Å². The molecule has 0 aliphatic carbocycles. The van der Waals surface area contributed by atoms with Crippen LogP contribution in [0.5, 0.6) is 0 Å². The van der Waals surface area contributed by atoms with Gasteiger partial charge in [-0.15, -0.1) is 0 Å². The Morgan fingerprint density at radius 2 is 2.14 bits per heavy atom. The number of fused-ring (bicyclic) bond motifs is 1. The van der Waals surface area contributed by atoms with Crippen molar-refractivity contribution >= 4 is 11.8 Å². The molecular weight excluding hydrogens is 270 g/mol. The summed E-state index contributed by atoms with van der Waals surface area (Å²) in [5.41, 5.74) is 0.378. The molecule has 112 valence electrons. The van der Waals surface area contributed by atoms with Gasteiger partial charge in [0.15, 0.2) is 0 Å². The molecule has 1 aromatic rings. The summed E-state index contributed by atoms with van der Waals surface area (Å²) in [7, 11) is 3.62. The minimum absolute atomic E-state index is 0.0544. The van der Waals surface area contributed by atoms with Gasteiger partial charge >= 0.3 is 0 Å². The highest BCUT2D eigenvalue weighted by atomic mass is 16.2. The smallest absolute Gasteiger partial charge is 0.274 e. The second kappa shape index (κ2) is 5.40. The molecule has 21 heavy (non-hydrogen) atoms. The number of hydrogen-bond acceptors (Lipinski definition) is 5. The third-order valence-electron chi connectivity index (χ3n) is 4.57. The minimum Gasteiger partial charge on any atom is -0.358 e. The van der Waals surface area contributed by atoms with Crippen LogP contribution in [0.1, 0.15) is 16.9 Å². The van der Waals surface area contributed by atoms with Gasteiger partial charge < -0.3 is 10.2 Å². The molecule has 7 nitrogen and oxygen atoms in total. The van der Waals surface area contributed by atoms with Gasteiger partial charge in [-0.05, 0) is 19.4 Å². The fourth-order valence-corrected chi connectivity index (χ4v) is 3.43. The first-order valence-electron chi connectivity index (χ1n) is 7.10. The van der Waals surface area contributed by atoms with Crippen molar-refractivity contribution in [1.29, 1.82) is 0 Å². The molecule has 0 unspecified atom stereocenters. The van der Waals surface area contributed by atoms with Crippen LogP contribution in [0, 0.1) is 5.92 Å². The largest absolute Gasteiger partial charge is 0.358 e. The summed E-state index contributed by atoms with van der Waals surface area (Å²) in [5, 5.41) is 2.71. The van der Waals surface area contributed by atoms with E-state index in [1.165, 1.54) is 12.4 Å². The molecule has 0 saturated carbocycles. The average molecular weight is 289 g/mol. The Bertz CT molecular complexity index is 550. The Hall–Kier alpha value is -2.02. The predicted octanol–water partition coefficient (Wildman–Crippen LogP) is -0.633. The molecule has 3 atom stereocenters. The van der Waals surface area contributed by atoms with E-state index in [1.54, 1.807) is 13.2 Å². The van der Waals surface area contributed by atoms with E-state index >= 15 is 0 Å². The molecule has 1 aromatic heterocycles. The zero-order valence-corrected chi connectivity index (χ0v) is 12.2. The lowest BCUT2D eigenvalue weighted by Crippen LogP contribution is -2.45. The maximum atomic E-state index is 12.4. The zero-order valence-electron chi connectivity index (χ0n) is 12.2. The Labute approximate surface area is 123 Å². The molecule has 2 aliphatic rings. The number of likely N-dealkylation sites (N-methyl/N-ethyl adjacent to an activating group) is 2. The van der Waals surface area contributed by atoms with Crippen LogP contribution in [-0.4, -0.2) is 70.9 Å². The normalized spacial score (nSPS) is 28.5. The molecule has 0 radical (unpaired) electrons. The number of hydrogen-bond donors (Lipinski definition) is 1. The molecule has 3 rings (SSSR count). The second-order valence-electron chi connectivity index (χ2n) is 5.66. The third kappa shape index (κ3) is 2.37. The van der Waals surface area contributed by atoms with E-state index in [2.05, 4.69) is 20.2 Å². The molecule has 0 aromatic carbocycles. The van der Waals surface area contributed by atoms with E-state index in [0.717, 1.165) is 6.42 Å². The number of nitrogens with zero attached hydrogens (tertiary/aromatic N) is 4. The van der Waals surface area contributed by atoms with E-state index in [9.17, 15) is 9.59 Å². The second-order valence-corrected chi connectivity index (χ2v) is 5.66. The maximum absolute atomic E-state index is 12.4. The van der Waals surface area contributed by atoms with Gasteiger partial charge in [-0.2, -0.15) is 0 Å². The summed E-state index contributed by atoms with van der Waals surface area (Å²) in [5.74, 6) is 0.319. The summed E-state index contributed by atoms with van der Waals surface area (Å²) in [4.78, 5) is 36.1. The fraction of sp³-hybridized carbons (Fsp3) is 0.571. The number of likely N-dealkylation sites (tertiary alicyclic amines) is 2. The Kier molecular flexibility index (Phi) is 3.59. The summed E-state index contributed by atoms with van der Waals surface area (Å²) in [6.07, 6.45) is 5.37. The van der Waals surface area contributed by atoms with Crippen LogP contribution in [0.15, 0.2) is 18.6 Å². The van der Waals surface area contributed by atoms with Crippen molar-refractivity contribution in [3.63, 3.8) is 0 Å². The van der Waals surface area contributed by atoms with Gasteiger partial charge in [0, 0.05) is 38.6 Å². The first kappa shape index (κ1) is 13.9. The van der Waals surface area contributed by atoms with Gasteiger partial charge in [-0.1, -0.05) is 0 Å². The Morgan fingerprint density at radius 1 is 1.33 bits per heavy atom. The number of amides is 2. The molecule has 3 heterocycles. The van der Waals surface area contributed by atoms with E-state index in [1.807, 2.05) is 11.9 Å². The molecule has 2 fully saturated rings. The summed E-state index contributed by atoms with van der Waals surface area (Å²) < 4.78 is 0. The summed E-state index contributed by atoms with van der Waals surface area (Å²) >= 11 is 0. The van der Waals surface area contributed by atoms with E-state index in [4.69, 9.17) is 0 Å². The summed E-state index contributed by atoms with van der Waals surface area (Å²) in [6, 6.07) is 0.159. The molecule has 2 aliphatic heterocycles. The minimum atomic E-state index is -0.0845. The number of nitrogens with one attached hydrogen (secondary N) is 1. The lowest BCUT2D eigenvalue weighted by molar-refractivity contribution is -0.125. The lowest BCUT2D eigenvalue weighted by atomic mass is 10.0. The van der Waals surface area contributed by atoms with Crippen molar-refractivity contribution in [2.24, 2.45) is 5.92 Å². The van der Waals surface area contributed by atoms with E-state index in [-0.39, 0.29) is 23.9 Å². The number of rotatable bonds is 2. The molecule has 1 N–H and O–H groups in total. The van der Waals surface area contributed by atoms with Crippen LogP contribution in [0.25, 0.3) is 0 Å². The van der Waals surface area contributed by atoms with Gasteiger partial charge in [0.2, 0.25) is 5.91 Å². The SMILES string of the molecule is CNC(=O)[C@H]1C[C@@H]2CN(C(=O)c3cnccn3)C[C@@H]2N1C.